The minimum atomic E-state index is -0.00186. The second-order valence-corrected chi connectivity index (χ2v) is 9.74. The molecule has 0 radical (unpaired) electrons. The predicted octanol–water partition coefficient (Wildman–Crippen LogP) is 3.93. The molecule has 32 heavy (non-hydrogen) atoms. The monoisotopic (exact) mass is 453 g/mol. The largest absolute Gasteiger partial charge is 0.486 e. The van der Waals surface area contributed by atoms with Crippen molar-refractivity contribution in [2.45, 2.75) is 51.4 Å². The van der Waals surface area contributed by atoms with Crippen molar-refractivity contribution in [2.75, 3.05) is 18.6 Å². The lowest BCUT2D eigenvalue weighted by molar-refractivity contribution is -0.127. The molecule has 3 rings (SSSR count). The third kappa shape index (κ3) is 6.03. The Morgan fingerprint density at radius 1 is 1.12 bits per heavy atom. The average molecular weight is 454 g/mol. The molecule has 2 N–H and O–H groups in total. The van der Waals surface area contributed by atoms with Crippen molar-refractivity contribution in [1.29, 1.82) is 0 Å². The maximum absolute atomic E-state index is 12.5. The first-order valence-corrected chi connectivity index (χ1v) is 11.5. The van der Waals surface area contributed by atoms with Gasteiger partial charge in [0.2, 0.25) is 11.1 Å². The van der Waals surface area contributed by atoms with E-state index in [0.717, 1.165) is 11.3 Å². The molecule has 170 valence electrons. The summed E-state index contributed by atoms with van der Waals surface area (Å²) < 4.78 is 7.19. The lowest BCUT2D eigenvalue weighted by Gasteiger charge is -2.19. The highest BCUT2D eigenvalue weighted by Crippen LogP contribution is 2.24. The topological polar surface area (TPSA) is 86.3 Å². The van der Waals surface area contributed by atoms with Gasteiger partial charge < -0.3 is 15.5 Å². The van der Waals surface area contributed by atoms with E-state index in [1.165, 1.54) is 27.6 Å². The molecular weight excluding hydrogens is 422 g/mol. The first-order valence-electron chi connectivity index (χ1n) is 10.5. The lowest BCUT2D eigenvalue weighted by Crippen LogP contribution is -2.28. The summed E-state index contributed by atoms with van der Waals surface area (Å²) in [5, 5.41) is 8.69. The number of hydrogen-bond donors (Lipinski definition) is 1. The number of nitrogens with zero attached hydrogens (tertiary/aromatic N) is 4. The van der Waals surface area contributed by atoms with Crippen molar-refractivity contribution in [2.24, 2.45) is 0 Å². The van der Waals surface area contributed by atoms with Gasteiger partial charge in [-0.2, -0.15) is 0 Å². The molecular formula is C24H31N5O2S. The van der Waals surface area contributed by atoms with Gasteiger partial charge in [-0.3, -0.25) is 4.79 Å². The van der Waals surface area contributed by atoms with Gasteiger partial charge in [0, 0.05) is 13.6 Å². The van der Waals surface area contributed by atoms with Crippen LogP contribution in [0.3, 0.4) is 0 Å². The van der Waals surface area contributed by atoms with Crippen LogP contribution in [0.5, 0.6) is 5.75 Å². The van der Waals surface area contributed by atoms with Gasteiger partial charge in [0.05, 0.1) is 5.75 Å². The molecule has 2 aromatic carbocycles. The fourth-order valence-electron chi connectivity index (χ4n) is 3.07. The van der Waals surface area contributed by atoms with Gasteiger partial charge in [0.1, 0.15) is 12.4 Å². The van der Waals surface area contributed by atoms with Crippen molar-refractivity contribution < 1.29 is 9.53 Å². The van der Waals surface area contributed by atoms with Crippen LogP contribution in [-0.2, 0) is 23.4 Å². The molecule has 1 aromatic heterocycles. The fourth-order valence-corrected chi connectivity index (χ4v) is 3.89. The Balaban J connectivity index is 1.52. The van der Waals surface area contributed by atoms with Crippen molar-refractivity contribution >= 4 is 17.7 Å². The van der Waals surface area contributed by atoms with Crippen LogP contribution in [0.4, 0.5) is 0 Å². The smallest absolute Gasteiger partial charge is 0.233 e. The van der Waals surface area contributed by atoms with Crippen molar-refractivity contribution in [3.8, 4) is 5.75 Å². The van der Waals surface area contributed by atoms with E-state index in [2.05, 4.69) is 43.1 Å². The Morgan fingerprint density at radius 3 is 2.47 bits per heavy atom. The summed E-state index contributed by atoms with van der Waals surface area (Å²) in [7, 11) is 1.80. The predicted molar refractivity (Wildman–Crippen MR) is 128 cm³/mol. The van der Waals surface area contributed by atoms with Gasteiger partial charge in [-0.1, -0.05) is 68.9 Å². The van der Waals surface area contributed by atoms with Crippen LogP contribution in [0.25, 0.3) is 0 Å². The third-order valence-electron chi connectivity index (χ3n) is 5.24. The van der Waals surface area contributed by atoms with E-state index in [9.17, 15) is 4.79 Å². The molecule has 0 unspecified atom stereocenters. The molecule has 0 atom stereocenters. The summed E-state index contributed by atoms with van der Waals surface area (Å²) in [4.78, 5) is 14.2. The van der Waals surface area contributed by atoms with E-state index in [-0.39, 0.29) is 23.7 Å². The number of nitrogen functional groups attached to an aromatic ring is 1. The van der Waals surface area contributed by atoms with E-state index in [1.54, 1.807) is 11.9 Å². The molecule has 0 saturated heterocycles. The molecule has 7 nitrogen and oxygen atoms in total. The summed E-state index contributed by atoms with van der Waals surface area (Å²) in [5.41, 5.74) is 3.63. The molecule has 0 spiro atoms. The van der Waals surface area contributed by atoms with E-state index in [1.807, 2.05) is 43.3 Å². The first-order chi connectivity index (χ1) is 15.1. The summed E-state index contributed by atoms with van der Waals surface area (Å²) in [6.07, 6.45) is 0. The van der Waals surface area contributed by atoms with Gasteiger partial charge in [-0.25, -0.2) is 4.68 Å². The number of ether oxygens (including phenoxy) is 1. The van der Waals surface area contributed by atoms with E-state index in [4.69, 9.17) is 10.6 Å². The standard InChI is InChI=1S/C24H31N5O2S/c1-17-8-6-7-9-18(17)14-28(5)22(30)16-32-23-27-26-21(29(23)25)15-31-20-12-10-19(11-13-20)24(2,3)4/h6-13H,14-16,25H2,1-5H3. The van der Waals surface area contributed by atoms with Crippen molar-refractivity contribution in [3.05, 3.63) is 71.0 Å². The SMILES string of the molecule is Cc1ccccc1CN(C)C(=O)CSc1nnc(COc2ccc(C(C)(C)C)cc2)n1N. The zero-order valence-electron chi connectivity index (χ0n) is 19.3. The van der Waals surface area contributed by atoms with E-state index >= 15 is 0 Å². The number of carbonyl (C=O) groups is 1. The number of benzene rings is 2. The van der Waals surface area contributed by atoms with Crippen LogP contribution in [0, 0.1) is 6.92 Å². The average Bonchev–Trinajstić information content (AvgIpc) is 3.11. The summed E-state index contributed by atoms with van der Waals surface area (Å²) in [6.45, 7) is 9.31. The normalized spacial score (nSPS) is 11.4. The number of hydrogen-bond acceptors (Lipinski definition) is 6. The van der Waals surface area contributed by atoms with Gasteiger partial charge in [-0.05, 0) is 41.2 Å². The Kier molecular flexibility index (Phi) is 7.45. The zero-order chi connectivity index (χ0) is 23.3. The number of amides is 1. The number of aryl methyl sites for hydroxylation is 1. The lowest BCUT2D eigenvalue weighted by atomic mass is 9.87. The third-order valence-corrected chi connectivity index (χ3v) is 6.17. The maximum Gasteiger partial charge on any atom is 0.233 e. The highest BCUT2D eigenvalue weighted by atomic mass is 32.2. The van der Waals surface area contributed by atoms with Crippen molar-refractivity contribution in [1.82, 2.24) is 19.8 Å². The van der Waals surface area contributed by atoms with E-state index < -0.39 is 0 Å². The number of aromatic nitrogens is 3. The minimum Gasteiger partial charge on any atom is -0.486 e. The first kappa shape index (κ1) is 23.7. The second kappa shape index (κ2) is 10.1. The molecule has 1 heterocycles. The molecule has 0 aliphatic rings. The number of rotatable bonds is 8. The van der Waals surface area contributed by atoms with Gasteiger partial charge in [0.25, 0.3) is 0 Å². The minimum absolute atomic E-state index is 0.00186. The molecule has 0 aliphatic heterocycles. The highest BCUT2D eigenvalue weighted by Gasteiger charge is 2.16. The second-order valence-electron chi connectivity index (χ2n) is 8.80. The fraction of sp³-hybridized carbons (Fsp3) is 0.375. The van der Waals surface area contributed by atoms with Crippen LogP contribution in [0.2, 0.25) is 0 Å². The van der Waals surface area contributed by atoms with E-state index in [0.29, 0.717) is 17.5 Å². The number of thioether (sulfide) groups is 1. The van der Waals surface area contributed by atoms with Crippen molar-refractivity contribution in [3.63, 3.8) is 0 Å². The summed E-state index contributed by atoms with van der Waals surface area (Å²) in [6, 6.07) is 16.0. The van der Waals surface area contributed by atoms with Gasteiger partial charge in [0.15, 0.2) is 5.82 Å². The molecule has 0 bridgehead atoms. The Bertz CT molecular complexity index is 1060. The van der Waals surface area contributed by atoms with Crippen LogP contribution >= 0.6 is 11.8 Å². The van der Waals surface area contributed by atoms with Gasteiger partial charge in [-0.15, -0.1) is 10.2 Å². The molecule has 0 saturated carbocycles. The zero-order valence-corrected chi connectivity index (χ0v) is 20.1. The Morgan fingerprint density at radius 2 is 1.81 bits per heavy atom. The molecule has 1 amide bonds. The Hall–Kier alpha value is -3.00. The molecule has 8 heteroatoms. The summed E-state index contributed by atoms with van der Waals surface area (Å²) in [5.74, 6) is 7.58. The Labute approximate surface area is 193 Å². The number of carbonyl (C=O) groups excluding carboxylic acids is 1. The number of nitrogens with two attached hydrogens (primary N) is 1. The van der Waals surface area contributed by atoms with Crippen LogP contribution in [0.15, 0.2) is 53.7 Å². The molecule has 3 aromatic rings. The van der Waals surface area contributed by atoms with Crippen LogP contribution in [0.1, 0.15) is 43.3 Å². The highest BCUT2D eigenvalue weighted by molar-refractivity contribution is 7.99. The molecule has 0 aliphatic carbocycles. The van der Waals surface area contributed by atoms with Gasteiger partial charge >= 0.3 is 0 Å². The van der Waals surface area contributed by atoms with Crippen LogP contribution in [-0.4, -0.2) is 38.5 Å². The maximum atomic E-state index is 12.5. The quantitative estimate of drug-likeness (QED) is 0.411. The van der Waals surface area contributed by atoms with Crippen LogP contribution < -0.4 is 10.6 Å². The molecule has 0 fully saturated rings. The summed E-state index contributed by atoms with van der Waals surface area (Å²) >= 11 is 1.26.